The standard InChI is InChI=1S/C15H15Cl2NO/c16-13-7-14(17)9-15(8-13)19-10-12-3-1-11(2-4-12)5-6-18/h1-4,7-9H,5-6,10,18H2. The quantitative estimate of drug-likeness (QED) is 0.902. The van der Waals surface area contributed by atoms with Crippen LogP contribution in [0.25, 0.3) is 0 Å². The maximum absolute atomic E-state index is 5.91. The van der Waals surface area contributed by atoms with E-state index in [0.29, 0.717) is 28.9 Å². The average molecular weight is 296 g/mol. The van der Waals surface area contributed by atoms with Crippen molar-refractivity contribution in [1.29, 1.82) is 0 Å². The molecule has 0 aliphatic rings. The van der Waals surface area contributed by atoms with Crippen molar-refractivity contribution in [3.63, 3.8) is 0 Å². The van der Waals surface area contributed by atoms with Gasteiger partial charge in [0.25, 0.3) is 0 Å². The van der Waals surface area contributed by atoms with Crippen LogP contribution in [0.2, 0.25) is 10.0 Å². The fourth-order valence-electron chi connectivity index (χ4n) is 1.75. The Kier molecular flexibility index (Phi) is 5.08. The van der Waals surface area contributed by atoms with Gasteiger partial charge in [0.1, 0.15) is 12.4 Å². The van der Waals surface area contributed by atoms with Gasteiger partial charge in [-0.1, -0.05) is 47.5 Å². The first-order valence-corrected chi connectivity index (χ1v) is 6.80. The first kappa shape index (κ1) is 14.2. The predicted octanol–water partition coefficient (Wildman–Crippen LogP) is 4.07. The minimum atomic E-state index is 0.486. The molecule has 2 N–H and O–H groups in total. The minimum Gasteiger partial charge on any atom is -0.489 e. The molecule has 0 aliphatic heterocycles. The van der Waals surface area contributed by atoms with Crippen LogP contribution in [0.15, 0.2) is 42.5 Å². The molecule has 0 fully saturated rings. The van der Waals surface area contributed by atoms with Crippen LogP contribution < -0.4 is 10.5 Å². The number of rotatable bonds is 5. The molecule has 0 amide bonds. The summed E-state index contributed by atoms with van der Waals surface area (Å²) in [6.07, 6.45) is 0.894. The molecule has 0 heterocycles. The lowest BCUT2D eigenvalue weighted by Gasteiger charge is -2.08. The van der Waals surface area contributed by atoms with Crippen LogP contribution in [0.5, 0.6) is 5.75 Å². The zero-order chi connectivity index (χ0) is 13.7. The smallest absolute Gasteiger partial charge is 0.122 e. The summed E-state index contributed by atoms with van der Waals surface area (Å²) in [6.45, 7) is 1.15. The van der Waals surface area contributed by atoms with Gasteiger partial charge in [-0.15, -0.1) is 0 Å². The molecule has 0 aromatic heterocycles. The number of halogens is 2. The monoisotopic (exact) mass is 295 g/mol. The molecule has 0 unspecified atom stereocenters. The second-order valence-electron chi connectivity index (χ2n) is 4.25. The van der Waals surface area contributed by atoms with Crippen LogP contribution in [-0.4, -0.2) is 6.54 Å². The molecule has 100 valence electrons. The number of hydrogen-bond acceptors (Lipinski definition) is 2. The molecule has 0 saturated carbocycles. The molecule has 2 nitrogen and oxygen atoms in total. The van der Waals surface area contributed by atoms with Crippen molar-refractivity contribution < 1.29 is 4.74 Å². The lowest BCUT2D eigenvalue weighted by atomic mass is 10.1. The van der Waals surface area contributed by atoms with E-state index in [1.807, 2.05) is 12.1 Å². The fourth-order valence-corrected chi connectivity index (χ4v) is 2.25. The molecule has 0 atom stereocenters. The van der Waals surface area contributed by atoms with Crippen molar-refractivity contribution in [2.24, 2.45) is 5.73 Å². The van der Waals surface area contributed by atoms with E-state index in [9.17, 15) is 0 Å². The Hall–Kier alpha value is -1.22. The zero-order valence-electron chi connectivity index (χ0n) is 10.4. The summed E-state index contributed by atoms with van der Waals surface area (Å²) < 4.78 is 5.66. The van der Waals surface area contributed by atoms with Crippen molar-refractivity contribution in [1.82, 2.24) is 0 Å². The molecule has 19 heavy (non-hydrogen) atoms. The van der Waals surface area contributed by atoms with Gasteiger partial charge in [0.05, 0.1) is 0 Å². The van der Waals surface area contributed by atoms with Gasteiger partial charge in [0, 0.05) is 10.0 Å². The largest absolute Gasteiger partial charge is 0.489 e. The second-order valence-corrected chi connectivity index (χ2v) is 5.12. The van der Waals surface area contributed by atoms with E-state index in [2.05, 4.69) is 12.1 Å². The third-order valence-corrected chi connectivity index (χ3v) is 3.13. The van der Waals surface area contributed by atoms with Gasteiger partial charge in [-0.3, -0.25) is 0 Å². The van der Waals surface area contributed by atoms with Crippen molar-refractivity contribution in [3.8, 4) is 5.75 Å². The van der Waals surface area contributed by atoms with Crippen LogP contribution in [0.3, 0.4) is 0 Å². The zero-order valence-corrected chi connectivity index (χ0v) is 11.9. The Morgan fingerprint density at radius 2 is 1.47 bits per heavy atom. The van der Waals surface area contributed by atoms with E-state index < -0.39 is 0 Å². The van der Waals surface area contributed by atoms with Gasteiger partial charge in [0.15, 0.2) is 0 Å². The van der Waals surface area contributed by atoms with Crippen molar-refractivity contribution in [2.45, 2.75) is 13.0 Å². The number of nitrogens with two attached hydrogens (primary N) is 1. The van der Waals surface area contributed by atoms with Crippen molar-refractivity contribution >= 4 is 23.2 Å². The Balaban J connectivity index is 1.98. The van der Waals surface area contributed by atoms with Crippen LogP contribution >= 0.6 is 23.2 Å². The van der Waals surface area contributed by atoms with Crippen LogP contribution in [0.4, 0.5) is 0 Å². The Morgan fingerprint density at radius 1 is 0.895 bits per heavy atom. The van der Waals surface area contributed by atoms with E-state index in [1.165, 1.54) is 5.56 Å². The average Bonchev–Trinajstić information content (AvgIpc) is 2.37. The molecule has 0 spiro atoms. The second kappa shape index (κ2) is 6.80. The number of hydrogen-bond donors (Lipinski definition) is 1. The van der Waals surface area contributed by atoms with Crippen molar-refractivity contribution in [2.75, 3.05) is 6.54 Å². The molecule has 2 aromatic carbocycles. The summed E-state index contributed by atoms with van der Waals surface area (Å²) in [6, 6.07) is 13.4. The summed E-state index contributed by atoms with van der Waals surface area (Å²) in [5, 5.41) is 1.14. The summed E-state index contributed by atoms with van der Waals surface area (Å²) in [4.78, 5) is 0. The van der Waals surface area contributed by atoms with E-state index >= 15 is 0 Å². The summed E-state index contributed by atoms with van der Waals surface area (Å²) in [5.41, 5.74) is 7.84. The van der Waals surface area contributed by atoms with E-state index in [0.717, 1.165) is 12.0 Å². The van der Waals surface area contributed by atoms with Crippen LogP contribution in [0.1, 0.15) is 11.1 Å². The highest BCUT2D eigenvalue weighted by atomic mass is 35.5. The van der Waals surface area contributed by atoms with Crippen molar-refractivity contribution in [3.05, 3.63) is 63.6 Å². The van der Waals surface area contributed by atoms with Gasteiger partial charge in [-0.25, -0.2) is 0 Å². The highest BCUT2D eigenvalue weighted by Gasteiger charge is 2.00. The Labute approximate surface area is 123 Å². The lowest BCUT2D eigenvalue weighted by Crippen LogP contribution is -2.03. The van der Waals surface area contributed by atoms with E-state index in [4.69, 9.17) is 33.7 Å². The maximum Gasteiger partial charge on any atom is 0.122 e. The van der Waals surface area contributed by atoms with E-state index in [1.54, 1.807) is 18.2 Å². The fraction of sp³-hybridized carbons (Fsp3) is 0.200. The van der Waals surface area contributed by atoms with Gasteiger partial charge < -0.3 is 10.5 Å². The SMILES string of the molecule is NCCc1ccc(COc2cc(Cl)cc(Cl)c2)cc1. The lowest BCUT2D eigenvalue weighted by molar-refractivity contribution is 0.306. The number of ether oxygens (including phenoxy) is 1. The molecule has 4 heteroatoms. The summed E-state index contributed by atoms with van der Waals surface area (Å²) >= 11 is 11.8. The molecular weight excluding hydrogens is 281 g/mol. The van der Waals surface area contributed by atoms with E-state index in [-0.39, 0.29) is 0 Å². The molecular formula is C15H15Cl2NO. The predicted molar refractivity (Wildman–Crippen MR) is 80.0 cm³/mol. The Bertz CT molecular complexity index is 520. The topological polar surface area (TPSA) is 35.2 Å². The highest BCUT2D eigenvalue weighted by Crippen LogP contribution is 2.24. The maximum atomic E-state index is 5.91. The summed E-state index contributed by atoms with van der Waals surface area (Å²) in [5.74, 6) is 0.670. The van der Waals surface area contributed by atoms with Crippen LogP contribution in [-0.2, 0) is 13.0 Å². The molecule has 2 rings (SSSR count). The minimum absolute atomic E-state index is 0.486. The van der Waals surface area contributed by atoms with Gasteiger partial charge in [-0.2, -0.15) is 0 Å². The summed E-state index contributed by atoms with van der Waals surface area (Å²) in [7, 11) is 0. The third kappa shape index (κ3) is 4.43. The first-order chi connectivity index (χ1) is 9.17. The molecule has 0 aliphatic carbocycles. The third-order valence-electron chi connectivity index (χ3n) is 2.70. The van der Waals surface area contributed by atoms with Gasteiger partial charge >= 0.3 is 0 Å². The van der Waals surface area contributed by atoms with Crippen LogP contribution in [0, 0.1) is 0 Å². The van der Waals surface area contributed by atoms with Gasteiger partial charge in [0.2, 0.25) is 0 Å². The molecule has 2 aromatic rings. The molecule has 0 bridgehead atoms. The Morgan fingerprint density at radius 3 is 2.05 bits per heavy atom. The molecule has 0 radical (unpaired) electrons. The first-order valence-electron chi connectivity index (χ1n) is 6.04. The highest BCUT2D eigenvalue weighted by molar-refractivity contribution is 6.34. The normalized spacial score (nSPS) is 10.5. The number of benzene rings is 2. The van der Waals surface area contributed by atoms with Gasteiger partial charge in [-0.05, 0) is 42.3 Å². The molecule has 0 saturated heterocycles.